The third-order valence-corrected chi connectivity index (χ3v) is 6.30. The Hall–Kier alpha value is -2.97. The second kappa shape index (κ2) is 7.07. The number of anilines is 1. The molecule has 1 spiro atoms. The third-order valence-electron chi connectivity index (χ3n) is 6.30. The fourth-order valence-electron chi connectivity index (χ4n) is 4.86. The van der Waals surface area contributed by atoms with Gasteiger partial charge in [-0.05, 0) is 24.1 Å². The van der Waals surface area contributed by atoms with Crippen molar-refractivity contribution in [2.75, 3.05) is 25.1 Å². The van der Waals surface area contributed by atoms with E-state index < -0.39 is 17.4 Å². The SMILES string of the molecule is CN(Cc1ccon1)C(=O)C1C2C(=O)N(c3ccc(CCO)cc3)C[C@]23C=C[C@H]1O3. The first-order valence-corrected chi connectivity index (χ1v) is 10.0. The molecule has 5 rings (SSSR count). The van der Waals surface area contributed by atoms with Crippen LogP contribution in [-0.4, -0.2) is 58.9 Å². The molecule has 8 heteroatoms. The Morgan fingerprint density at radius 1 is 1.33 bits per heavy atom. The van der Waals surface area contributed by atoms with Crippen molar-refractivity contribution >= 4 is 17.5 Å². The summed E-state index contributed by atoms with van der Waals surface area (Å²) in [5, 5.41) is 13.0. The van der Waals surface area contributed by atoms with Crippen molar-refractivity contribution in [2.45, 2.75) is 24.7 Å². The lowest BCUT2D eigenvalue weighted by Gasteiger charge is -2.27. The van der Waals surface area contributed by atoms with Crippen LogP contribution in [0.25, 0.3) is 0 Å². The van der Waals surface area contributed by atoms with Gasteiger partial charge in [0.1, 0.15) is 17.6 Å². The topological polar surface area (TPSA) is 96.1 Å². The van der Waals surface area contributed by atoms with E-state index in [1.165, 1.54) is 6.26 Å². The summed E-state index contributed by atoms with van der Waals surface area (Å²) in [5.74, 6) is -1.33. The maximum Gasteiger partial charge on any atom is 0.234 e. The Labute approximate surface area is 173 Å². The summed E-state index contributed by atoms with van der Waals surface area (Å²) >= 11 is 0. The number of aliphatic hydroxyl groups excluding tert-OH is 1. The van der Waals surface area contributed by atoms with Crippen LogP contribution in [0.4, 0.5) is 5.69 Å². The van der Waals surface area contributed by atoms with Crippen molar-refractivity contribution < 1.29 is 24.0 Å². The van der Waals surface area contributed by atoms with Gasteiger partial charge in [0.2, 0.25) is 11.8 Å². The summed E-state index contributed by atoms with van der Waals surface area (Å²) in [6.07, 6.45) is 5.51. The molecule has 0 aliphatic carbocycles. The van der Waals surface area contributed by atoms with E-state index in [2.05, 4.69) is 5.16 Å². The average Bonchev–Trinajstić information content (AvgIpc) is 3.51. The predicted molar refractivity (Wildman–Crippen MR) is 106 cm³/mol. The van der Waals surface area contributed by atoms with Crippen molar-refractivity contribution in [1.29, 1.82) is 0 Å². The van der Waals surface area contributed by atoms with Crippen molar-refractivity contribution in [2.24, 2.45) is 11.8 Å². The van der Waals surface area contributed by atoms with Crippen molar-refractivity contribution in [3.63, 3.8) is 0 Å². The number of hydrogen-bond donors (Lipinski definition) is 1. The number of carbonyl (C=O) groups excluding carboxylic acids is 2. The van der Waals surface area contributed by atoms with Crippen molar-refractivity contribution in [1.82, 2.24) is 10.1 Å². The molecule has 0 saturated carbocycles. The molecule has 0 radical (unpaired) electrons. The Morgan fingerprint density at radius 3 is 2.83 bits per heavy atom. The summed E-state index contributed by atoms with van der Waals surface area (Å²) in [5.41, 5.74) is 1.67. The van der Waals surface area contributed by atoms with Crippen LogP contribution in [0.2, 0.25) is 0 Å². The minimum Gasteiger partial charge on any atom is -0.396 e. The highest BCUT2D eigenvalue weighted by Gasteiger charge is 2.67. The highest BCUT2D eigenvalue weighted by atomic mass is 16.5. The molecule has 2 aromatic rings. The zero-order valence-electron chi connectivity index (χ0n) is 16.6. The Balaban J connectivity index is 1.39. The predicted octanol–water partition coefficient (Wildman–Crippen LogP) is 1.15. The largest absolute Gasteiger partial charge is 0.396 e. The number of ether oxygens (including phenoxy) is 1. The second-order valence-corrected chi connectivity index (χ2v) is 8.15. The number of aromatic nitrogens is 1. The molecule has 2 amide bonds. The molecule has 2 unspecified atom stereocenters. The van der Waals surface area contributed by atoms with Gasteiger partial charge in [0.05, 0.1) is 31.0 Å². The van der Waals surface area contributed by atoms with E-state index in [4.69, 9.17) is 14.4 Å². The number of benzene rings is 1. The molecule has 2 bridgehead atoms. The monoisotopic (exact) mass is 409 g/mol. The van der Waals surface area contributed by atoms with E-state index >= 15 is 0 Å². The normalized spacial score (nSPS) is 28.9. The highest BCUT2D eigenvalue weighted by Crippen LogP contribution is 2.53. The quantitative estimate of drug-likeness (QED) is 0.720. The van der Waals surface area contributed by atoms with Crippen molar-refractivity contribution in [3.8, 4) is 0 Å². The Bertz CT molecular complexity index is 987. The van der Waals surface area contributed by atoms with Gasteiger partial charge in [-0.2, -0.15) is 0 Å². The van der Waals surface area contributed by atoms with Gasteiger partial charge in [-0.25, -0.2) is 0 Å². The number of aliphatic hydroxyl groups is 1. The van der Waals surface area contributed by atoms with E-state index in [0.717, 1.165) is 11.3 Å². The minimum absolute atomic E-state index is 0.0822. The van der Waals surface area contributed by atoms with Gasteiger partial charge in [0.15, 0.2) is 0 Å². The average molecular weight is 409 g/mol. The van der Waals surface area contributed by atoms with E-state index in [9.17, 15) is 9.59 Å². The molecule has 1 aromatic carbocycles. The Morgan fingerprint density at radius 2 is 2.13 bits per heavy atom. The molecule has 4 atom stereocenters. The zero-order chi connectivity index (χ0) is 20.9. The first kappa shape index (κ1) is 19.0. The number of rotatable bonds is 6. The molecular formula is C22H23N3O5. The number of carbonyl (C=O) groups is 2. The molecule has 2 fully saturated rings. The molecule has 30 heavy (non-hydrogen) atoms. The van der Waals surface area contributed by atoms with Gasteiger partial charge < -0.3 is 24.2 Å². The van der Waals surface area contributed by atoms with Crippen LogP contribution in [0.3, 0.4) is 0 Å². The lowest BCUT2D eigenvalue weighted by atomic mass is 9.76. The third kappa shape index (κ3) is 2.86. The van der Waals surface area contributed by atoms with E-state index in [1.807, 2.05) is 36.4 Å². The number of amides is 2. The molecule has 2 saturated heterocycles. The zero-order valence-corrected chi connectivity index (χ0v) is 16.6. The van der Waals surface area contributed by atoms with Crippen LogP contribution in [0.5, 0.6) is 0 Å². The van der Waals surface area contributed by atoms with E-state index in [-0.39, 0.29) is 24.5 Å². The fraction of sp³-hybridized carbons (Fsp3) is 0.409. The summed E-state index contributed by atoms with van der Waals surface area (Å²) in [6.45, 7) is 0.782. The first-order valence-electron chi connectivity index (χ1n) is 10.0. The lowest BCUT2D eigenvalue weighted by Crippen LogP contribution is -2.44. The minimum atomic E-state index is -0.763. The summed E-state index contributed by atoms with van der Waals surface area (Å²) in [6, 6.07) is 9.29. The number of nitrogens with zero attached hydrogens (tertiary/aromatic N) is 3. The standard InChI is InChI=1S/C22H23N3O5/c1-24(12-15-8-11-29-23-15)20(27)18-17-6-9-22(30-17)13-25(21(28)19(18)22)16-4-2-14(3-5-16)7-10-26/h2-6,8-9,11,17-19,26H,7,10,12-13H2,1H3/t17-,18?,19?,22-/m1/s1. The molecular weight excluding hydrogens is 386 g/mol. The van der Waals surface area contributed by atoms with Crippen LogP contribution >= 0.6 is 0 Å². The Kier molecular flexibility index (Phi) is 4.48. The van der Waals surface area contributed by atoms with Crippen molar-refractivity contribution in [3.05, 3.63) is 60.0 Å². The van der Waals surface area contributed by atoms with Crippen LogP contribution in [0.15, 0.2) is 53.3 Å². The van der Waals surface area contributed by atoms with Gasteiger partial charge in [-0.15, -0.1) is 0 Å². The summed E-state index contributed by atoms with van der Waals surface area (Å²) in [4.78, 5) is 30.0. The van der Waals surface area contributed by atoms with Crippen LogP contribution in [-0.2, 0) is 27.3 Å². The van der Waals surface area contributed by atoms with Gasteiger partial charge >= 0.3 is 0 Å². The molecule has 8 nitrogen and oxygen atoms in total. The summed E-state index contributed by atoms with van der Waals surface area (Å²) < 4.78 is 11.0. The number of fused-ring (bicyclic) bond motifs is 1. The molecule has 1 N–H and O–H groups in total. The first-order chi connectivity index (χ1) is 14.5. The van der Waals surface area contributed by atoms with Gasteiger partial charge in [-0.3, -0.25) is 9.59 Å². The summed E-state index contributed by atoms with van der Waals surface area (Å²) in [7, 11) is 1.70. The molecule has 1 aromatic heterocycles. The molecule has 3 aliphatic rings. The lowest BCUT2D eigenvalue weighted by molar-refractivity contribution is -0.139. The number of hydrogen-bond acceptors (Lipinski definition) is 6. The van der Waals surface area contributed by atoms with E-state index in [1.54, 1.807) is 22.9 Å². The maximum atomic E-state index is 13.4. The van der Waals surface area contributed by atoms with Crippen LogP contribution < -0.4 is 4.90 Å². The van der Waals surface area contributed by atoms with Crippen LogP contribution in [0, 0.1) is 11.8 Å². The second-order valence-electron chi connectivity index (χ2n) is 8.15. The molecule has 4 heterocycles. The highest BCUT2D eigenvalue weighted by molar-refractivity contribution is 6.03. The fourth-order valence-corrected chi connectivity index (χ4v) is 4.86. The van der Waals surface area contributed by atoms with Gasteiger partial charge in [0.25, 0.3) is 0 Å². The van der Waals surface area contributed by atoms with Gasteiger partial charge in [0, 0.05) is 25.4 Å². The molecule has 3 aliphatic heterocycles. The maximum absolute atomic E-state index is 13.4. The van der Waals surface area contributed by atoms with Gasteiger partial charge in [-0.1, -0.05) is 29.4 Å². The smallest absolute Gasteiger partial charge is 0.234 e. The van der Waals surface area contributed by atoms with Crippen LogP contribution in [0.1, 0.15) is 11.3 Å². The molecule has 156 valence electrons. The van der Waals surface area contributed by atoms with E-state index in [0.29, 0.717) is 25.2 Å².